The Morgan fingerprint density at radius 1 is 1.33 bits per heavy atom. The molecular weight excluding hydrogens is 224 g/mol. The van der Waals surface area contributed by atoms with Crippen LogP contribution in [0.2, 0.25) is 0 Å². The summed E-state index contributed by atoms with van der Waals surface area (Å²) in [6, 6.07) is 8.04. The van der Waals surface area contributed by atoms with Crippen molar-refractivity contribution in [2.24, 2.45) is 5.92 Å². The maximum Gasteiger partial charge on any atom is 0.267 e. The standard InChI is InChI=1S/C15H20N2O/c1-10(2)6-7-16-15(18)14-9-12-5-4-11(3)8-13(12)17-14/h4-5,8-10,17H,6-7H2,1-3H3,(H,16,18). The van der Waals surface area contributed by atoms with Crippen LogP contribution in [0.25, 0.3) is 10.9 Å². The number of H-pyrrole nitrogens is 1. The highest BCUT2D eigenvalue weighted by Crippen LogP contribution is 2.16. The molecule has 0 aliphatic heterocycles. The minimum absolute atomic E-state index is 0.0236. The molecule has 0 aliphatic rings. The summed E-state index contributed by atoms with van der Waals surface area (Å²) in [7, 11) is 0. The number of amides is 1. The van der Waals surface area contributed by atoms with Crippen molar-refractivity contribution in [1.82, 2.24) is 10.3 Å². The Hall–Kier alpha value is -1.77. The number of carbonyl (C=O) groups excluding carboxylic acids is 1. The number of aryl methyl sites for hydroxylation is 1. The molecule has 1 aromatic heterocycles. The van der Waals surface area contributed by atoms with Crippen molar-refractivity contribution in [2.45, 2.75) is 27.2 Å². The number of aromatic nitrogens is 1. The summed E-state index contributed by atoms with van der Waals surface area (Å²) >= 11 is 0. The van der Waals surface area contributed by atoms with Crippen LogP contribution in [0, 0.1) is 12.8 Å². The van der Waals surface area contributed by atoms with E-state index >= 15 is 0 Å². The summed E-state index contributed by atoms with van der Waals surface area (Å²) in [6.07, 6.45) is 1.01. The van der Waals surface area contributed by atoms with Gasteiger partial charge in [0.25, 0.3) is 5.91 Å². The molecule has 0 bridgehead atoms. The molecule has 0 atom stereocenters. The molecule has 96 valence electrons. The first-order valence-corrected chi connectivity index (χ1v) is 6.44. The summed E-state index contributed by atoms with van der Waals surface area (Å²) in [5.41, 5.74) is 2.85. The molecule has 0 fully saturated rings. The molecule has 0 spiro atoms. The molecule has 0 radical (unpaired) electrons. The van der Waals surface area contributed by atoms with Crippen molar-refractivity contribution < 1.29 is 4.79 Å². The van der Waals surface area contributed by atoms with E-state index in [1.165, 1.54) is 5.56 Å². The Morgan fingerprint density at radius 3 is 2.83 bits per heavy atom. The maximum absolute atomic E-state index is 11.9. The molecule has 3 nitrogen and oxygen atoms in total. The van der Waals surface area contributed by atoms with Gasteiger partial charge in [0.05, 0.1) is 0 Å². The Labute approximate surface area is 108 Å². The third-order valence-corrected chi connectivity index (χ3v) is 3.03. The highest BCUT2D eigenvalue weighted by atomic mass is 16.1. The maximum atomic E-state index is 11.9. The van der Waals surface area contributed by atoms with E-state index in [0.29, 0.717) is 11.6 Å². The second kappa shape index (κ2) is 5.25. The summed E-state index contributed by atoms with van der Waals surface area (Å²) in [5, 5.41) is 4.01. The number of aromatic amines is 1. The Kier molecular flexibility index (Phi) is 3.70. The Bertz CT molecular complexity index is 555. The average Bonchev–Trinajstić information content (AvgIpc) is 2.71. The quantitative estimate of drug-likeness (QED) is 0.852. The molecule has 1 aromatic carbocycles. The number of nitrogens with one attached hydrogen (secondary N) is 2. The molecule has 0 unspecified atom stereocenters. The largest absolute Gasteiger partial charge is 0.351 e. The van der Waals surface area contributed by atoms with Crippen LogP contribution in [0.5, 0.6) is 0 Å². The lowest BCUT2D eigenvalue weighted by molar-refractivity contribution is 0.0948. The van der Waals surface area contributed by atoms with E-state index in [0.717, 1.165) is 23.9 Å². The number of benzene rings is 1. The normalized spacial score (nSPS) is 11.1. The summed E-state index contributed by atoms with van der Waals surface area (Å²) < 4.78 is 0. The van der Waals surface area contributed by atoms with Crippen molar-refractivity contribution in [1.29, 1.82) is 0 Å². The Morgan fingerprint density at radius 2 is 2.11 bits per heavy atom. The zero-order valence-corrected chi connectivity index (χ0v) is 11.2. The van der Waals surface area contributed by atoms with Crippen LogP contribution in [-0.2, 0) is 0 Å². The second-order valence-corrected chi connectivity index (χ2v) is 5.21. The summed E-state index contributed by atoms with van der Waals surface area (Å²) in [4.78, 5) is 15.1. The number of hydrogen-bond acceptors (Lipinski definition) is 1. The molecule has 18 heavy (non-hydrogen) atoms. The van der Waals surface area contributed by atoms with Gasteiger partial charge in [-0.15, -0.1) is 0 Å². The van der Waals surface area contributed by atoms with Gasteiger partial charge in [0.15, 0.2) is 0 Å². The van der Waals surface area contributed by atoms with Crippen LogP contribution in [0.1, 0.15) is 36.3 Å². The van der Waals surface area contributed by atoms with E-state index in [-0.39, 0.29) is 5.91 Å². The summed E-state index contributed by atoms with van der Waals surface area (Å²) in [5.74, 6) is 0.583. The van der Waals surface area contributed by atoms with Gasteiger partial charge in [-0.3, -0.25) is 4.79 Å². The third-order valence-electron chi connectivity index (χ3n) is 3.03. The van der Waals surface area contributed by atoms with Gasteiger partial charge in [0, 0.05) is 17.4 Å². The van der Waals surface area contributed by atoms with Crippen molar-refractivity contribution in [3.63, 3.8) is 0 Å². The lowest BCUT2D eigenvalue weighted by atomic mass is 10.1. The monoisotopic (exact) mass is 244 g/mol. The van der Waals surface area contributed by atoms with Crippen LogP contribution >= 0.6 is 0 Å². The van der Waals surface area contributed by atoms with Crippen LogP contribution in [-0.4, -0.2) is 17.4 Å². The first kappa shape index (κ1) is 12.7. The van der Waals surface area contributed by atoms with Gasteiger partial charge in [0.1, 0.15) is 5.69 Å². The number of rotatable bonds is 4. The number of fused-ring (bicyclic) bond motifs is 1. The lowest BCUT2D eigenvalue weighted by Gasteiger charge is -2.05. The Balaban J connectivity index is 2.08. The predicted molar refractivity (Wildman–Crippen MR) is 74.8 cm³/mol. The smallest absolute Gasteiger partial charge is 0.267 e. The molecule has 1 heterocycles. The van der Waals surface area contributed by atoms with E-state index < -0.39 is 0 Å². The van der Waals surface area contributed by atoms with Gasteiger partial charge < -0.3 is 10.3 Å². The predicted octanol–water partition coefficient (Wildman–Crippen LogP) is 3.25. The average molecular weight is 244 g/mol. The molecular formula is C15H20N2O. The molecule has 0 saturated carbocycles. The van der Waals surface area contributed by atoms with Gasteiger partial charge in [-0.1, -0.05) is 26.0 Å². The SMILES string of the molecule is Cc1ccc2cc(C(=O)NCCC(C)C)[nH]c2c1. The topological polar surface area (TPSA) is 44.9 Å². The van der Waals surface area contributed by atoms with Crippen LogP contribution in [0.15, 0.2) is 24.3 Å². The van der Waals surface area contributed by atoms with Crippen molar-refractivity contribution >= 4 is 16.8 Å². The molecule has 3 heteroatoms. The molecule has 2 N–H and O–H groups in total. The van der Waals surface area contributed by atoms with E-state index in [1.54, 1.807) is 0 Å². The minimum Gasteiger partial charge on any atom is -0.351 e. The van der Waals surface area contributed by atoms with Crippen molar-refractivity contribution in [2.75, 3.05) is 6.54 Å². The lowest BCUT2D eigenvalue weighted by Crippen LogP contribution is -2.25. The highest BCUT2D eigenvalue weighted by molar-refractivity contribution is 5.98. The van der Waals surface area contributed by atoms with Crippen molar-refractivity contribution in [3.05, 3.63) is 35.5 Å². The van der Waals surface area contributed by atoms with Crippen LogP contribution in [0.3, 0.4) is 0 Å². The molecule has 2 rings (SSSR count). The van der Waals surface area contributed by atoms with E-state index in [1.807, 2.05) is 19.1 Å². The van der Waals surface area contributed by atoms with Gasteiger partial charge in [0.2, 0.25) is 0 Å². The number of hydrogen-bond donors (Lipinski definition) is 2. The van der Waals surface area contributed by atoms with Gasteiger partial charge >= 0.3 is 0 Å². The highest BCUT2D eigenvalue weighted by Gasteiger charge is 2.09. The molecule has 0 saturated heterocycles. The minimum atomic E-state index is -0.0236. The second-order valence-electron chi connectivity index (χ2n) is 5.21. The van der Waals surface area contributed by atoms with Crippen LogP contribution < -0.4 is 5.32 Å². The third kappa shape index (κ3) is 2.92. The summed E-state index contributed by atoms with van der Waals surface area (Å²) in [6.45, 7) is 7.07. The van der Waals surface area contributed by atoms with Crippen LogP contribution in [0.4, 0.5) is 0 Å². The molecule has 1 amide bonds. The molecule has 2 aromatic rings. The fraction of sp³-hybridized carbons (Fsp3) is 0.400. The van der Waals surface area contributed by atoms with Gasteiger partial charge in [-0.25, -0.2) is 0 Å². The van der Waals surface area contributed by atoms with E-state index in [2.05, 4.69) is 36.3 Å². The first-order chi connectivity index (χ1) is 8.56. The van der Waals surface area contributed by atoms with Gasteiger partial charge in [-0.2, -0.15) is 0 Å². The molecule has 0 aliphatic carbocycles. The fourth-order valence-electron chi connectivity index (χ4n) is 1.93. The zero-order valence-electron chi connectivity index (χ0n) is 11.2. The fourth-order valence-corrected chi connectivity index (χ4v) is 1.93. The zero-order chi connectivity index (χ0) is 13.1. The first-order valence-electron chi connectivity index (χ1n) is 6.44. The van der Waals surface area contributed by atoms with E-state index in [9.17, 15) is 4.79 Å². The van der Waals surface area contributed by atoms with E-state index in [4.69, 9.17) is 0 Å². The number of carbonyl (C=O) groups is 1. The van der Waals surface area contributed by atoms with Gasteiger partial charge in [-0.05, 0) is 37.0 Å². The van der Waals surface area contributed by atoms with Crippen molar-refractivity contribution in [3.8, 4) is 0 Å².